The van der Waals surface area contributed by atoms with Crippen LogP contribution in [0.2, 0.25) is 19.1 Å². The van der Waals surface area contributed by atoms with Gasteiger partial charge in [-0.25, -0.2) is 0 Å². The molecule has 2 bridgehead atoms. The lowest BCUT2D eigenvalue weighted by Crippen LogP contribution is -2.36. The van der Waals surface area contributed by atoms with E-state index < -0.39 is 8.32 Å². The fourth-order valence-corrected chi connectivity index (χ4v) is 3.62. The molecule has 0 amide bonds. The Morgan fingerprint density at radius 2 is 2.08 bits per heavy atom. The smallest absolute Gasteiger partial charge is 0.186 e. The third-order valence-electron chi connectivity index (χ3n) is 3.54. The molecule has 13 heavy (non-hydrogen) atoms. The second-order valence-corrected chi connectivity index (χ2v) is 9.51. The van der Waals surface area contributed by atoms with Crippen molar-refractivity contribution in [3.8, 4) is 0 Å². The maximum Gasteiger partial charge on any atom is 0.186 e. The first-order valence-electron chi connectivity index (χ1n) is 5.47. The molecule has 1 fully saturated rings. The van der Waals surface area contributed by atoms with Gasteiger partial charge in [-0.15, -0.1) is 0 Å². The zero-order chi connectivity index (χ0) is 9.47. The highest BCUT2D eigenvalue weighted by Gasteiger charge is 2.39. The van der Waals surface area contributed by atoms with Crippen molar-refractivity contribution in [3.63, 3.8) is 0 Å². The van der Waals surface area contributed by atoms with Gasteiger partial charge in [0.1, 0.15) is 0 Å². The zero-order valence-corrected chi connectivity index (χ0v) is 9.92. The highest BCUT2D eigenvalue weighted by atomic mass is 28.4. The first-order chi connectivity index (χ1) is 6.11. The van der Waals surface area contributed by atoms with Crippen LogP contribution in [0.1, 0.15) is 19.8 Å². The van der Waals surface area contributed by atoms with Crippen LogP contribution < -0.4 is 0 Å². The molecule has 2 heteroatoms. The summed E-state index contributed by atoms with van der Waals surface area (Å²) in [5.74, 6) is 1.60. The van der Waals surface area contributed by atoms with Crippen LogP contribution in [0.5, 0.6) is 0 Å². The molecule has 3 atom stereocenters. The molecule has 2 aliphatic rings. The van der Waals surface area contributed by atoms with Crippen molar-refractivity contribution in [2.45, 2.75) is 45.0 Å². The van der Waals surface area contributed by atoms with Crippen LogP contribution in [0, 0.1) is 11.8 Å². The molecule has 74 valence electrons. The van der Waals surface area contributed by atoms with Crippen LogP contribution in [0.4, 0.5) is 0 Å². The Bertz CT molecular complexity index is 222. The summed E-state index contributed by atoms with van der Waals surface area (Å²) in [7, 11) is -1.31. The van der Waals surface area contributed by atoms with Crippen LogP contribution in [0.25, 0.3) is 0 Å². The van der Waals surface area contributed by atoms with Crippen LogP contribution in [-0.4, -0.2) is 14.4 Å². The molecular formula is C11H20OSi. The first kappa shape index (κ1) is 9.47. The molecule has 2 rings (SSSR count). The summed E-state index contributed by atoms with van der Waals surface area (Å²) in [6.45, 7) is 6.93. The average Bonchev–Trinajstić information content (AvgIpc) is 2.64. The Morgan fingerprint density at radius 1 is 1.31 bits per heavy atom. The van der Waals surface area contributed by atoms with E-state index in [0.29, 0.717) is 6.10 Å². The fraction of sp³-hybridized carbons (Fsp3) is 0.818. The average molecular weight is 196 g/mol. The van der Waals surface area contributed by atoms with Crippen LogP contribution in [0.3, 0.4) is 0 Å². The van der Waals surface area contributed by atoms with Crippen molar-refractivity contribution in [1.82, 2.24) is 0 Å². The Balaban J connectivity index is 1.94. The first-order valence-corrected chi connectivity index (χ1v) is 8.58. The summed E-state index contributed by atoms with van der Waals surface area (Å²) < 4.78 is 6.27. The van der Waals surface area contributed by atoms with Gasteiger partial charge in [0.15, 0.2) is 8.32 Å². The number of fused-ring (bicyclic) bond motifs is 2. The summed E-state index contributed by atoms with van der Waals surface area (Å²) >= 11 is 0. The molecule has 0 aromatic rings. The molecule has 0 saturated heterocycles. The van der Waals surface area contributed by atoms with Gasteiger partial charge in [0.05, 0.1) is 6.10 Å². The summed E-state index contributed by atoms with van der Waals surface area (Å²) in [5, 5.41) is 0. The van der Waals surface area contributed by atoms with Crippen molar-refractivity contribution in [2.24, 2.45) is 11.8 Å². The van der Waals surface area contributed by atoms with Gasteiger partial charge in [0.2, 0.25) is 0 Å². The molecule has 0 aliphatic heterocycles. The third kappa shape index (κ3) is 1.89. The van der Waals surface area contributed by atoms with E-state index in [1.807, 2.05) is 0 Å². The predicted molar refractivity (Wildman–Crippen MR) is 58.2 cm³/mol. The topological polar surface area (TPSA) is 9.23 Å². The van der Waals surface area contributed by atoms with Crippen LogP contribution >= 0.6 is 0 Å². The van der Waals surface area contributed by atoms with E-state index in [9.17, 15) is 0 Å². The fourth-order valence-electron chi connectivity index (χ4n) is 2.36. The Kier molecular flexibility index (Phi) is 2.36. The molecule has 0 aromatic carbocycles. The molecular weight excluding hydrogens is 176 g/mol. The van der Waals surface area contributed by atoms with Gasteiger partial charge in [-0.05, 0) is 37.9 Å². The number of hydrogen-bond acceptors (Lipinski definition) is 1. The summed E-state index contributed by atoms with van der Waals surface area (Å²) in [6, 6.07) is 1.24. The van der Waals surface area contributed by atoms with Gasteiger partial charge in [0.25, 0.3) is 0 Å². The predicted octanol–water partition coefficient (Wildman–Crippen LogP) is 3.19. The molecule has 0 aromatic heterocycles. The maximum absolute atomic E-state index is 6.27. The molecule has 0 radical (unpaired) electrons. The largest absolute Gasteiger partial charge is 0.414 e. The monoisotopic (exact) mass is 196 g/mol. The van der Waals surface area contributed by atoms with Crippen molar-refractivity contribution in [2.75, 3.05) is 0 Å². The minimum atomic E-state index is -1.31. The van der Waals surface area contributed by atoms with E-state index in [0.717, 1.165) is 11.8 Å². The molecule has 0 spiro atoms. The maximum atomic E-state index is 6.27. The van der Waals surface area contributed by atoms with Crippen molar-refractivity contribution in [1.29, 1.82) is 0 Å². The minimum absolute atomic E-state index is 0.566. The van der Waals surface area contributed by atoms with E-state index in [4.69, 9.17) is 4.43 Å². The van der Waals surface area contributed by atoms with E-state index >= 15 is 0 Å². The molecule has 3 unspecified atom stereocenters. The second-order valence-electron chi connectivity index (χ2n) is 5.05. The van der Waals surface area contributed by atoms with E-state index in [1.165, 1.54) is 18.9 Å². The third-order valence-corrected chi connectivity index (χ3v) is 6.18. The lowest BCUT2D eigenvalue weighted by molar-refractivity contribution is 0.165. The zero-order valence-electron chi connectivity index (χ0n) is 8.92. The van der Waals surface area contributed by atoms with Gasteiger partial charge < -0.3 is 4.43 Å². The SMILES string of the molecule is CC[Si](C)(C)OC1CC2C=CC1C2. The van der Waals surface area contributed by atoms with Gasteiger partial charge in [0, 0.05) is 5.92 Å². The van der Waals surface area contributed by atoms with Crippen molar-refractivity contribution < 1.29 is 4.43 Å². The molecule has 1 nitrogen and oxygen atoms in total. The van der Waals surface area contributed by atoms with E-state index in [-0.39, 0.29) is 0 Å². The Hall–Kier alpha value is -0.0831. The minimum Gasteiger partial charge on any atom is -0.414 e. The lowest BCUT2D eigenvalue weighted by atomic mass is 10.1. The van der Waals surface area contributed by atoms with Crippen molar-refractivity contribution >= 4 is 8.32 Å². The highest BCUT2D eigenvalue weighted by Crippen LogP contribution is 2.41. The summed E-state index contributed by atoms with van der Waals surface area (Å²) in [5.41, 5.74) is 0. The van der Waals surface area contributed by atoms with E-state index in [2.05, 4.69) is 32.2 Å². The van der Waals surface area contributed by atoms with Gasteiger partial charge >= 0.3 is 0 Å². The Morgan fingerprint density at radius 3 is 2.54 bits per heavy atom. The number of allylic oxidation sites excluding steroid dienone is 1. The van der Waals surface area contributed by atoms with Gasteiger partial charge in [-0.3, -0.25) is 0 Å². The van der Waals surface area contributed by atoms with Crippen LogP contribution in [-0.2, 0) is 4.43 Å². The summed E-state index contributed by atoms with van der Waals surface area (Å²) in [6.07, 6.45) is 7.97. The Labute approximate surface area is 82.3 Å². The van der Waals surface area contributed by atoms with Gasteiger partial charge in [-0.2, -0.15) is 0 Å². The molecule has 1 saturated carbocycles. The molecule has 2 aliphatic carbocycles. The van der Waals surface area contributed by atoms with E-state index in [1.54, 1.807) is 0 Å². The number of hydrogen-bond donors (Lipinski definition) is 0. The highest BCUT2D eigenvalue weighted by molar-refractivity contribution is 6.71. The number of rotatable bonds is 3. The standard InChI is InChI=1S/C11H20OSi/c1-4-13(2,3)12-11-8-9-5-6-10(11)7-9/h5-6,9-11H,4,7-8H2,1-3H3. The second kappa shape index (κ2) is 3.25. The van der Waals surface area contributed by atoms with Gasteiger partial charge in [-0.1, -0.05) is 19.1 Å². The normalized spacial score (nSPS) is 37.3. The molecule has 0 heterocycles. The van der Waals surface area contributed by atoms with Crippen molar-refractivity contribution in [3.05, 3.63) is 12.2 Å². The quantitative estimate of drug-likeness (QED) is 0.497. The summed E-state index contributed by atoms with van der Waals surface area (Å²) in [4.78, 5) is 0. The molecule has 0 N–H and O–H groups in total. The lowest BCUT2D eigenvalue weighted by Gasteiger charge is -2.29. The van der Waals surface area contributed by atoms with Crippen LogP contribution in [0.15, 0.2) is 12.2 Å².